The molecule has 1 aromatic heterocycles. The molecule has 0 aliphatic carbocycles. The first-order valence-corrected chi connectivity index (χ1v) is 7.18. The maximum Gasteiger partial charge on any atom is 0.325 e. The van der Waals surface area contributed by atoms with Gasteiger partial charge >= 0.3 is 5.97 Å². The highest BCUT2D eigenvalue weighted by Crippen LogP contribution is 2.11. The molecule has 0 bridgehead atoms. The fourth-order valence-corrected chi connectivity index (χ4v) is 2.00. The normalized spacial score (nSPS) is 10.1. The number of halogens is 1. The zero-order chi connectivity index (χ0) is 16.8. The second kappa shape index (κ2) is 7.49. The lowest BCUT2D eigenvalue weighted by atomic mass is 10.2. The SMILES string of the molecule is Nc1nc(N)nc(COC(=O)CNC(=O)c2cccc(Br)c2)n1. The van der Waals surface area contributed by atoms with Crippen LogP contribution in [0.25, 0.3) is 0 Å². The van der Waals surface area contributed by atoms with Crippen molar-refractivity contribution >= 4 is 39.7 Å². The van der Waals surface area contributed by atoms with E-state index in [-0.39, 0.29) is 30.9 Å². The van der Waals surface area contributed by atoms with E-state index in [1.165, 1.54) is 0 Å². The van der Waals surface area contributed by atoms with Gasteiger partial charge in [0.2, 0.25) is 11.9 Å². The summed E-state index contributed by atoms with van der Waals surface area (Å²) in [6, 6.07) is 6.77. The molecule has 10 heteroatoms. The van der Waals surface area contributed by atoms with Crippen LogP contribution in [0.5, 0.6) is 0 Å². The number of carbonyl (C=O) groups is 2. The minimum Gasteiger partial charge on any atom is -0.456 e. The molecule has 120 valence electrons. The summed E-state index contributed by atoms with van der Waals surface area (Å²) < 4.78 is 5.68. The van der Waals surface area contributed by atoms with Crippen molar-refractivity contribution < 1.29 is 14.3 Å². The number of esters is 1. The number of nitrogen functional groups attached to an aromatic ring is 2. The lowest BCUT2D eigenvalue weighted by Crippen LogP contribution is -2.30. The molecule has 1 heterocycles. The molecular weight excluding hydrogens is 368 g/mol. The van der Waals surface area contributed by atoms with Gasteiger partial charge in [-0.1, -0.05) is 22.0 Å². The Hall–Kier alpha value is -2.75. The summed E-state index contributed by atoms with van der Waals surface area (Å²) in [6.07, 6.45) is 0. The molecule has 0 radical (unpaired) electrons. The second-order valence-corrected chi connectivity index (χ2v) is 5.24. The highest BCUT2D eigenvalue weighted by atomic mass is 79.9. The van der Waals surface area contributed by atoms with E-state index in [0.717, 1.165) is 4.47 Å². The van der Waals surface area contributed by atoms with Crippen LogP contribution in [0, 0.1) is 0 Å². The van der Waals surface area contributed by atoms with Gasteiger partial charge in [0.25, 0.3) is 5.91 Å². The Morgan fingerprint density at radius 1 is 1.17 bits per heavy atom. The summed E-state index contributed by atoms with van der Waals surface area (Å²) in [5, 5.41) is 2.45. The molecule has 1 amide bonds. The predicted molar refractivity (Wildman–Crippen MR) is 84.9 cm³/mol. The molecule has 23 heavy (non-hydrogen) atoms. The summed E-state index contributed by atoms with van der Waals surface area (Å²) in [4.78, 5) is 34.6. The summed E-state index contributed by atoms with van der Waals surface area (Å²) in [5.41, 5.74) is 11.2. The van der Waals surface area contributed by atoms with Crippen molar-refractivity contribution in [1.29, 1.82) is 0 Å². The van der Waals surface area contributed by atoms with Crippen molar-refractivity contribution in [3.05, 3.63) is 40.1 Å². The summed E-state index contributed by atoms with van der Waals surface area (Å²) in [5.74, 6) is -1.04. The zero-order valence-electron chi connectivity index (χ0n) is 11.8. The Balaban J connectivity index is 1.82. The van der Waals surface area contributed by atoms with E-state index < -0.39 is 11.9 Å². The van der Waals surface area contributed by atoms with E-state index in [9.17, 15) is 9.59 Å². The molecule has 0 unspecified atom stereocenters. The molecule has 0 saturated heterocycles. The zero-order valence-corrected chi connectivity index (χ0v) is 13.4. The van der Waals surface area contributed by atoms with Gasteiger partial charge in [0.1, 0.15) is 6.54 Å². The quantitative estimate of drug-likeness (QED) is 0.626. The minimum atomic E-state index is -0.647. The molecule has 2 rings (SSSR count). The maximum atomic E-state index is 11.9. The lowest BCUT2D eigenvalue weighted by molar-refractivity contribution is -0.143. The number of anilines is 2. The van der Waals surface area contributed by atoms with Crippen molar-refractivity contribution in [2.45, 2.75) is 6.61 Å². The van der Waals surface area contributed by atoms with E-state index in [1.54, 1.807) is 24.3 Å². The van der Waals surface area contributed by atoms with Crippen LogP contribution in [0.2, 0.25) is 0 Å². The van der Waals surface area contributed by atoms with Gasteiger partial charge in [0.05, 0.1) is 0 Å². The van der Waals surface area contributed by atoms with Gasteiger partial charge in [-0.2, -0.15) is 15.0 Å². The number of amides is 1. The van der Waals surface area contributed by atoms with Gasteiger partial charge in [-0.15, -0.1) is 0 Å². The van der Waals surface area contributed by atoms with Crippen LogP contribution in [0.4, 0.5) is 11.9 Å². The third-order valence-corrected chi connectivity index (χ3v) is 3.05. The average molecular weight is 381 g/mol. The summed E-state index contributed by atoms with van der Waals surface area (Å²) >= 11 is 3.26. The second-order valence-electron chi connectivity index (χ2n) is 4.32. The molecule has 9 nitrogen and oxygen atoms in total. The minimum absolute atomic E-state index is 0.0634. The molecule has 2 aromatic rings. The van der Waals surface area contributed by atoms with Gasteiger partial charge in [-0.3, -0.25) is 9.59 Å². The lowest BCUT2D eigenvalue weighted by Gasteiger charge is -2.07. The number of benzene rings is 1. The number of ether oxygens (including phenoxy) is 1. The first-order valence-electron chi connectivity index (χ1n) is 6.39. The van der Waals surface area contributed by atoms with Gasteiger partial charge in [-0.25, -0.2) is 0 Å². The molecule has 0 spiro atoms. The maximum absolute atomic E-state index is 11.9. The van der Waals surface area contributed by atoms with Crippen molar-refractivity contribution in [1.82, 2.24) is 20.3 Å². The fourth-order valence-electron chi connectivity index (χ4n) is 1.60. The van der Waals surface area contributed by atoms with E-state index in [2.05, 4.69) is 36.2 Å². The molecule has 1 aromatic carbocycles. The number of carbonyl (C=O) groups excluding carboxylic acids is 2. The topological polar surface area (TPSA) is 146 Å². The van der Waals surface area contributed by atoms with Gasteiger partial charge in [0, 0.05) is 10.0 Å². The number of hydrogen-bond donors (Lipinski definition) is 3. The largest absolute Gasteiger partial charge is 0.456 e. The monoisotopic (exact) mass is 380 g/mol. The van der Waals surface area contributed by atoms with Crippen LogP contribution in [0.15, 0.2) is 28.7 Å². The molecule has 0 aliphatic heterocycles. The van der Waals surface area contributed by atoms with Gasteiger partial charge < -0.3 is 21.5 Å². The first-order chi connectivity index (χ1) is 10.9. The first kappa shape index (κ1) is 16.6. The number of nitrogens with two attached hydrogens (primary N) is 2. The van der Waals surface area contributed by atoms with Crippen molar-refractivity contribution in [2.24, 2.45) is 0 Å². The van der Waals surface area contributed by atoms with Crippen LogP contribution in [-0.2, 0) is 16.1 Å². The van der Waals surface area contributed by atoms with Crippen LogP contribution >= 0.6 is 15.9 Å². The Morgan fingerprint density at radius 3 is 2.52 bits per heavy atom. The molecular formula is C13H13BrN6O3. The number of rotatable bonds is 5. The Morgan fingerprint density at radius 2 is 1.87 bits per heavy atom. The Labute approximate surface area is 139 Å². The van der Waals surface area contributed by atoms with Crippen molar-refractivity contribution in [2.75, 3.05) is 18.0 Å². The van der Waals surface area contributed by atoms with Gasteiger partial charge in [-0.05, 0) is 18.2 Å². The molecule has 0 fully saturated rings. The molecule has 0 atom stereocenters. The van der Waals surface area contributed by atoms with Crippen LogP contribution in [-0.4, -0.2) is 33.4 Å². The van der Waals surface area contributed by atoms with Gasteiger partial charge in [0.15, 0.2) is 12.4 Å². The Kier molecular flexibility index (Phi) is 5.41. The molecule has 0 saturated carbocycles. The van der Waals surface area contributed by atoms with Crippen molar-refractivity contribution in [3.8, 4) is 0 Å². The third-order valence-electron chi connectivity index (χ3n) is 2.56. The van der Waals surface area contributed by atoms with E-state index >= 15 is 0 Å². The Bertz CT molecular complexity index is 719. The van der Waals surface area contributed by atoms with E-state index in [1.807, 2.05) is 0 Å². The fraction of sp³-hybridized carbons (Fsp3) is 0.154. The van der Waals surface area contributed by atoms with Crippen LogP contribution < -0.4 is 16.8 Å². The van der Waals surface area contributed by atoms with E-state index in [0.29, 0.717) is 5.56 Å². The van der Waals surface area contributed by atoms with Crippen LogP contribution in [0.3, 0.4) is 0 Å². The van der Waals surface area contributed by atoms with Crippen molar-refractivity contribution in [3.63, 3.8) is 0 Å². The average Bonchev–Trinajstić information content (AvgIpc) is 2.49. The molecule has 0 aliphatic rings. The molecule has 5 N–H and O–H groups in total. The highest BCUT2D eigenvalue weighted by Gasteiger charge is 2.10. The number of nitrogens with zero attached hydrogens (tertiary/aromatic N) is 3. The van der Waals surface area contributed by atoms with E-state index in [4.69, 9.17) is 16.2 Å². The standard InChI is InChI=1S/C13H13BrN6O3/c14-8-3-1-2-7(4-8)11(22)17-5-10(21)23-6-9-18-12(15)20-13(16)19-9/h1-4H,5-6H2,(H,17,22)(H4,15,16,18,19,20). The number of nitrogens with one attached hydrogen (secondary N) is 1. The van der Waals surface area contributed by atoms with Crippen LogP contribution in [0.1, 0.15) is 16.2 Å². The number of aromatic nitrogens is 3. The predicted octanol–water partition coefficient (Wildman–Crippen LogP) is 0.272. The number of hydrogen-bond acceptors (Lipinski definition) is 8. The summed E-state index contributed by atoms with van der Waals surface area (Å²) in [6.45, 7) is -0.510. The third kappa shape index (κ3) is 5.18. The summed E-state index contributed by atoms with van der Waals surface area (Å²) in [7, 11) is 0. The highest BCUT2D eigenvalue weighted by molar-refractivity contribution is 9.10. The smallest absolute Gasteiger partial charge is 0.325 e.